The third kappa shape index (κ3) is 2.95. The van der Waals surface area contributed by atoms with Crippen LogP contribution in [0, 0.1) is 23.1 Å². The van der Waals surface area contributed by atoms with Gasteiger partial charge in [-0.2, -0.15) is 5.26 Å². The fourth-order valence-electron chi connectivity index (χ4n) is 3.39. The van der Waals surface area contributed by atoms with E-state index in [1.54, 1.807) is 23.5 Å². The van der Waals surface area contributed by atoms with Crippen LogP contribution in [0.1, 0.15) is 35.2 Å². The monoisotopic (exact) mass is 365 g/mol. The van der Waals surface area contributed by atoms with E-state index in [2.05, 4.69) is 23.0 Å². The fraction of sp³-hybridized carbons (Fsp3) is 0.250. The van der Waals surface area contributed by atoms with Crippen LogP contribution in [0.25, 0.3) is 21.9 Å². The average molecular weight is 365 g/mol. The fourth-order valence-corrected chi connectivity index (χ4v) is 4.78. The molecular formula is C20H16FN3OS. The summed E-state index contributed by atoms with van der Waals surface area (Å²) in [7, 11) is 0. The summed E-state index contributed by atoms with van der Waals surface area (Å²) < 4.78 is 13.4. The molecule has 0 unspecified atom stereocenters. The first-order valence-electron chi connectivity index (χ1n) is 8.47. The molecule has 0 bridgehead atoms. The zero-order valence-electron chi connectivity index (χ0n) is 14.2. The molecule has 0 radical (unpaired) electrons. The van der Waals surface area contributed by atoms with Gasteiger partial charge in [0.05, 0.1) is 11.0 Å². The predicted octanol–water partition coefficient (Wildman–Crippen LogP) is 4.31. The van der Waals surface area contributed by atoms with Crippen LogP contribution in [0.5, 0.6) is 0 Å². The van der Waals surface area contributed by atoms with Crippen LogP contribution >= 0.6 is 11.3 Å². The van der Waals surface area contributed by atoms with Crippen LogP contribution < -0.4 is 5.56 Å². The number of nitriles is 1. The number of hydrogen-bond acceptors (Lipinski definition) is 4. The number of rotatable bonds is 2. The number of benzene rings is 1. The molecule has 3 aromatic rings. The highest BCUT2D eigenvalue weighted by molar-refractivity contribution is 7.18. The van der Waals surface area contributed by atoms with Crippen LogP contribution in [0.2, 0.25) is 0 Å². The largest absolute Gasteiger partial charge is 0.305 e. The second kappa shape index (κ2) is 6.50. The van der Waals surface area contributed by atoms with Crippen molar-refractivity contribution in [1.29, 1.82) is 5.26 Å². The molecule has 1 aliphatic carbocycles. The Morgan fingerprint density at radius 2 is 2.35 bits per heavy atom. The maximum absolute atomic E-state index is 13.4. The number of nitrogens with one attached hydrogen (secondary N) is 1. The first-order chi connectivity index (χ1) is 12.5. The number of nitrogens with zero attached hydrogens (tertiary/aromatic N) is 2. The summed E-state index contributed by atoms with van der Waals surface area (Å²) in [5.41, 5.74) is 1.64. The summed E-state index contributed by atoms with van der Waals surface area (Å²) in [5, 5.41) is 10.2. The van der Waals surface area contributed by atoms with E-state index in [4.69, 9.17) is 0 Å². The molecule has 1 N–H and O–H groups in total. The van der Waals surface area contributed by atoms with Gasteiger partial charge in [0.15, 0.2) is 5.82 Å². The molecule has 4 nitrogen and oxygen atoms in total. The topological polar surface area (TPSA) is 69.5 Å². The van der Waals surface area contributed by atoms with Crippen molar-refractivity contribution < 1.29 is 4.39 Å². The molecule has 1 aromatic carbocycles. The molecule has 0 saturated carbocycles. The predicted molar refractivity (Wildman–Crippen MR) is 101 cm³/mol. The van der Waals surface area contributed by atoms with Gasteiger partial charge in [0.25, 0.3) is 5.56 Å². The zero-order valence-corrected chi connectivity index (χ0v) is 15.0. The second-order valence-electron chi connectivity index (χ2n) is 6.67. The van der Waals surface area contributed by atoms with Gasteiger partial charge in [0.2, 0.25) is 0 Å². The van der Waals surface area contributed by atoms with Crippen molar-refractivity contribution in [3.8, 4) is 6.07 Å². The summed E-state index contributed by atoms with van der Waals surface area (Å²) in [6, 6.07) is 8.00. The van der Waals surface area contributed by atoms with Crippen molar-refractivity contribution in [2.45, 2.75) is 26.2 Å². The number of aromatic nitrogens is 2. The van der Waals surface area contributed by atoms with E-state index < -0.39 is 0 Å². The van der Waals surface area contributed by atoms with E-state index in [0.29, 0.717) is 21.7 Å². The Hall–Kier alpha value is -2.78. The van der Waals surface area contributed by atoms with Gasteiger partial charge in [0, 0.05) is 4.88 Å². The Labute approximate surface area is 153 Å². The summed E-state index contributed by atoms with van der Waals surface area (Å²) >= 11 is 1.54. The minimum Gasteiger partial charge on any atom is -0.305 e. The van der Waals surface area contributed by atoms with Gasteiger partial charge in [-0.3, -0.25) is 4.79 Å². The number of fused-ring (bicyclic) bond motifs is 3. The molecular weight excluding hydrogens is 349 g/mol. The molecule has 1 atom stereocenters. The number of thiophene rings is 1. The highest BCUT2D eigenvalue weighted by Gasteiger charge is 2.23. The van der Waals surface area contributed by atoms with E-state index in [1.807, 2.05) is 0 Å². The quantitative estimate of drug-likeness (QED) is 0.688. The van der Waals surface area contributed by atoms with Gasteiger partial charge in [0.1, 0.15) is 16.7 Å². The Balaban J connectivity index is 1.84. The third-order valence-electron chi connectivity index (χ3n) is 4.70. The van der Waals surface area contributed by atoms with Gasteiger partial charge < -0.3 is 4.98 Å². The van der Waals surface area contributed by atoms with Gasteiger partial charge >= 0.3 is 0 Å². The molecule has 0 aliphatic heterocycles. The van der Waals surface area contributed by atoms with E-state index >= 15 is 0 Å². The lowest BCUT2D eigenvalue weighted by Crippen LogP contribution is -2.14. The highest BCUT2D eigenvalue weighted by atomic mass is 32.1. The lowest BCUT2D eigenvalue weighted by atomic mass is 9.89. The molecule has 0 saturated heterocycles. The van der Waals surface area contributed by atoms with Gasteiger partial charge in [-0.05, 0) is 54.5 Å². The Morgan fingerprint density at radius 1 is 1.50 bits per heavy atom. The number of allylic oxidation sites excluding steroid dienone is 1. The first kappa shape index (κ1) is 16.7. The van der Waals surface area contributed by atoms with E-state index in [0.717, 1.165) is 24.8 Å². The summed E-state index contributed by atoms with van der Waals surface area (Å²) in [6.07, 6.45) is 4.46. The van der Waals surface area contributed by atoms with Gasteiger partial charge in [-0.25, -0.2) is 9.37 Å². The normalized spacial score (nSPS) is 17.1. The van der Waals surface area contributed by atoms with Crippen molar-refractivity contribution >= 4 is 33.2 Å². The molecule has 0 amide bonds. The van der Waals surface area contributed by atoms with Crippen molar-refractivity contribution in [3.05, 3.63) is 62.3 Å². The number of aryl methyl sites for hydroxylation is 1. The molecule has 1 aliphatic rings. The molecule has 26 heavy (non-hydrogen) atoms. The van der Waals surface area contributed by atoms with Crippen LogP contribution in [0.4, 0.5) is 4.39 Å². The van der Waals surface area contributed by atoms with Crippen LogP contribution in [0.3, 0.4) is 0 Å². The number of halogens is 1. The van der Waals surface area contributed by atoms with Crippen molar-refractivity contribution in [1.82, 2.24) is 9.97 Å². The number of H-pyrrole nitrogens is 1. The molecule has 6 heteroatoms. The molecule has 0 fully saturated rings. The maximum Gasteiger partial charge on any atom is 0.260 e. The van der Waals surface area contributed by atoms with Crippen LogP contribution in [0.15, 0.2) is 29.1 Å². The van der Waals surface area contributed by atoms with Crippen LogP contribution in [-0.2, 0) is 12.8 Å². The number of aromatic amines is 1. The minimum atomic E-state index is -0.381. The highest BCUT2D eigenvalue weighted by Crippen LogP contribution is 2.35. The second-order valence-corrected chi connectivity index (χ2v) is 7.75. The molecule has 4 rings (SSSR count). The minimum absolute atomic E-state index is 0.203. The van der Waals surface area contributed by atoms with Crippen LogP contribution in [-0.4, -0.2) is 9.97 Å². The Kier molecular flexibility index (Phi) is 4.17. The van der Waals surface area contributed by atoms with E-state index in [-0.39, 0.29) is 22.8 Å². The molecule has 2 heterocycles. The first-order valence-corrected chi connectivity index (χ1v) is 9.29. The third-order valence-corrected chi connectivity index (χ3v) is 5.85. The molecule has 0 spiro atoms. The maximum atomic E-state index is 13.4. The van der Waals surface area contributed by atoms with Crippen molar-refractivity contribution in [3.63, 3.8) is 0 Å². The number of hydrogen-bond donors (Lipinski definition) is 1. The summed E-state index contributed by atoms with van der Waals surface area (Å²) in [6.45, 7) is 2.21. The van der Waals surface area contributed by atoms with E-state index in [1.165, 1.54) is 23.1 Å². The summed E-state index contributed by atoms with van der Waals surface area (Å²) in [4.78, 5) is 21.8. The van der Waals surface area contributed by atoms with E-state index in [9.17, 15) is 14.4 Å². The smallest absolute Gasteiger partial charge is 0.260 e. The van der Waals surface area contributed by atoms with Crippen molar-refractivity contribution in [2.24, 2.45) is 5.92 Å². The Morgan fingerprint density at radius 3 is 3.12 bits per heavy atom. The average Bonchev–Trinajstić information content (AvgIpc) is 2.97. The lowest BCUT2D eigenvalue weighted by Gasteiger charge is -2.17. The summed E-state index contributed by atoms with van der Waals surface area (Å²) in [5.74, 6) is 0.450. The standard InChI is InChI=1S/C20H16FN3OS/c1-11-5-6-15-16(7-11)26-20-17(15)19(25)23-18(24-20)13(10-22)8-12-3-2-4-14(21)9-12/h2-4,8-9,11H,5-7H2,1H3,(H,23,24,25)/b13-8+/t11-/m1/s1. The Bertz CT molecular complexity index is 1140. The lowest BCUT2D eigenvalue weighted by molar-refractivity contribution is 0.509. The molecule has 130 valence electrons. The SMILES string of the molecule is C[C@@H]1CCc2c(sc3nc(/C(C#N)=C/c4cccc(F)c4)[nH]c(=O)c23)C1. The van der Waals surface area contributed by atoms with Gasteiger partial charge in [-0.1, -0.05) is 19.1 Å². The van der Waals surface area contributed by atoms with Crippen molar-refractivity contribution in [2.75, 3.05) is 0 Å². The molecule has 2 aromatic heterocycles. The zero-order chi connectivity index (χ0) is 18.3. The van der Waals surface area contributed by atoms with Gasteiger partial charge in [-0.15, -0.1) is 11.3 Å².